The molecule has 0 amide bonds. The molecule has 1 rings (SSSR count). The van der Waals surface area contributed by atoms with Crippen molar-refractivity contribution in [3.8, 4) is 0 Å². The van der Waals surface area contributed by atoms with E-state index in [1.54, 1.807) is 6.20 Å². The zero-order valence-corrected chi connectivity index (χ0v) is 9.84. The molecule has 0 aliphatic rings. The van der Waals surface area contributed by atoms with Crippen molar-refractivity contribution in [2.75, 3.05) is 5.75 Å². The van der Waals surface area contributed by atoms with Crippen molar-refractivity contribution >= 4 is 17.7 Å². The second-order valence-corrected chi connectivity index (χ2v) is 4.64. The molecule has 0 spiro atoms. The van der Waals surface area contributed by atoms with Crippen LogP contribution in [-0.2, 0) is 0 Å². The average molecular weight is 226 g/mol. The van der Waals surface area contributed by atoms with E-state index in [9.17, 15) is 4.79 Å². The van der Waals surface area contributed by atoms with Gasteiger partial charge >= 0.3 is 5.97 Å². The van der Waals surface area contributed by atoms with Crippen molar-refractivity contribution in [1.29, 1.82) is 0 Å². The fraction of sp³-hybridized carbons (Fsp3) is 0.500. The molecule has 0 aliphatic carbocycles. The predicted molar refractivity (Wildman–Crippen MR) is 59.5 cm³/mol. The predicted octanol–water partition coefficient (Wildman–Crippen LogP) is 2.41. The van der Waals surface area contributed by atoms with Gasteiger partial charge in [0.15, 0.2) is 5.69 Å². The summed E-state index contributed by atoms with van der Waals surface area (Å²) in [6.45, 7) is 5.84. The molecule has 0 aromatic carbocycles. The van der Waals surface area contributed by atoms with Gasteiger partial charge in [-0.15, -0.1) is 11.8 Å². The monoisotopic (exact) mass is 226 g/mol. The van der Waals surface area contributed by atoms with Crippen molar-refractivity contribution in [2.45, 2.75) is 31.6 Å². The fourth-order valence-electron chi connectivity index (χ4n) is 1.08. The molecule has 0 bridgehead atoms. The van der Waals surface area contributed by atoms with E-state index in [1.807, 2.05) is 20.8 Å². The Bertz CT molecular complexity index is 366. The summed E-state index contributed by atoms with van der Waals surface area (Å²) >= 11 is 1.44. The van der Waals surface area contributed by atoms with Gasteiger partial charge in [-0.2, -0.15) is 0 Å². The van der Waals surface area contributed by atoms with E-state index in [1.165, 1.54) is 11.8 Å². The third kappa shape index (κ3) is 2.92. The molecule has 0 atom stereocenters. The first kappa shape index (κ1) is 12.0. The second kappa shape index (κ2) is 5.11. The quantitative estimate of drug-likeness (QED) is 0.799. The first-order valence-corrected chi connectivity index (χ1v) is 5.77. The first-order valence-electron chi connectivity index (χ1n) is 4.79. The SMILES string of the molecule is CCSc1cnc(C(C)C)nc1C(=O)O. The molecule has 0 saturated carbocycles. The average Bonchev–Trinajstić information content (AvgIpc) is 2.18. The van der Waals surface area contributed by atoms with E-state index >= 15 is 0 Å². The molecule has 15 heavy (non-hydrogen) atoms. The Balaban J connectivity index is 3.14. The molecule has 0 radical (unpaired) electrons. The van der Waals surface area contributed by atoms with Crippen LogP contribution in [0.3, 0.4) is 0 Å². The summed E-state index contributed by atoms with van der Waals surface area (Å²) in [5.74, 6) is 0.539. The van der Waals surface area contributed by atoms with Crippen molar-refractivity contribution in [1.82, 2.24) is 9.97 Å². The third-order valence-corrected chi connectivity index (χ3v) is 2.69. The molecular formula is C10H14N2O2S. The summed E-state index contributed by atoms with van der Waals surface area (Å²) < 4.78 is 0. The van der Waals surface area contributed by atoms with Gasteiger partial charge in [0.2, 0.25) is 0 Å². The number of aromatic nitrogens is 2. The molecule has 1 aromatic heterocycles. The van der Waals surface area contributed by atoms with Crippen molar-refractivity contribution < 1.29 is 9.90 Å². The lowest BCUT2D eigenvalue weighted by atomic mass is 10.2. The molecule has 0 fully saturated rings. The van der Waals surface area contributed by atoms with Crippen LogP contribution >= 0.6 is 11.8 Å². The van der Waals surface area contributed by atoms with Gasteiger partial charge in [-0.1, -0.05) is 20.8 Å². The smallest absolute Gasteiger partial charge is 0.355 e. The van der Waals surface area contributed by atoms with Gasteiger partial charge in [0.25, 0.3) is 0 Å². The lowest BCUT2D eigenvalue weighted by Gasteiger charge is -2.07. The van der Waals surface area contributed by atoms with E-state index in [4.69, 9.17) is 5.11 Å². The number of carboxylic acid groups (broad SMARTS) is 1. The minimum absolute atomic E-state index is 0.112. The Morgan fingerprint density at radius 1 is 1.60 bits per heavy atom. The molecule has 1 heterocycles. The van der Waals surface area contributed by atoms with Gasteiger partial charge in [-0.25, -0.2) is 14.8 Å². The van der Waals surface area contributed by atoms with Gasteiger partial charge < -0.3 is 5.11 Å². The second-order valence-electron chi connectivity index (χ2n) is 3.33. The number of nitrogens with zero attached hydrogens (tertiary/aromatic N) is 2. The highest BCUT2D eigenvalue weighted by Crippen LogP contribution is 2.21. The highest BCUT2D eigenvalue weighted by atomic mass is 32.2. The van der Waals surface area contributed by atoms with Crippen LogP contribution in [-0.4, -0.2) is 26.8 Å². The first-order chi connectivity index (χ1) is 7.06. The molecular weight excluding hydrogens is 212 g/mol. The van der Waals surface area contributed by atoms with Crippen LogP contribution in [0.4, 0.5) is 0 Å². The lowest BCUT2D eigenvalue weighted by Crippen LogP contribution is -2.08. The van der Waals surface area contributed by atoms with E-state index in [0.29, 0.717) is 10.7 Å². The Morgan fingerprint density at radius 3 is 2.73 bits per heavy atom. The van der Waals surface area contributed by atoms with Crippen LogP contribution in [0.15, 0.2) is 11.1 Å². The van der Waals surface area contributed by atoms with E-state index in [2.05, 4.69) is 9.97 Å². The van der Waals surface area contributed by atoms with Crippen molar-refractivity contribution in [3.05, 3.63) is 17.7 Å². The summed E-state index contributed by atoms with van der Waals surface area (Å²) in [6, 6.07) is 0. The summed E-state index contributed by atoms with van der Waals surface area (Å²) in [5, 5.41) is 8.99. The molecule has 82 valence electrons. The summed E-state index contributed by atoms with van der Waals surface area (Å²) in [6.07, 6.45) is 1.60. The zero-order valence-electron chi connectivity index (χ0n) is 9.02. The van der Waals surface area contributed by atoms with Gasteiger partial charge in [-0.05, 0) is 5.75 Å². The standard InChI is InChI=1S/C10H14N2O2S/c1-4-15-7-5-11-9(6(2)3)12-8(7)10(13)14/h5-6H,4H2,1-3H3,(H,13,14). The highest BCUT2D eigenvalue weighted by molar-refractivity contribution is 7.99. The molecule has 0 unspecified atom stereocenters. The van der Waals surface area contributed by atoms with Crippen molar-refractivity contribution in [3.63, 3.8) is 0 Å². The Labute approximate surface area is 93.1 Å². The van der Waals surface area contributed by atoms with Crippen LogP contribution in [0.25, 0.3) is 0 Å². The number of carbonyl (C=O) groups is 1. The number of aromatic carboxylic acids is 1. The molecule has 0 saturated heterocycles. The molecule has 4 nitrogen and oxygen atoms in total. The Kier molecular flexibility index (Phi) is 4.08. The maximum Gasteiger partial charge on any atom is 0.355 e. The molecule has 1 N–H and O–H groups in total. The highest BCUT2D eigenvalue weighted by Gasteiger charge is 2.15. The number of rotatable bonds is 4. The maximum atomic E-state index is 11.0. The normalized spacial score (nSPS) is 10.7. The van der Waals surface area contributed by atoms with Crippen LogP contribution in [0.5, 0.6) is 0 Å². The van der Waals surface area contributed by atoms with Crippen LogP contribution in [0, 0.1) is 0 Å². The number of carboxylic acids is 1. The number of thioether (sulfide) groups is 1. The van der Waals surface area contributed by atoms with E-state index < -0.39 is 5.97 Å². The minimum Gasteiger partial charge on any atom is -0.476 e. The Hall–Kier alpha value is -1.10. The molecule has 1 aromatic rings. The van der Waals surface area contributed by atoms with Crippen LogP contribution in [0.2, 0.25) is 0 Å². The van der Waals surface area contributed by atoms with Crippen LogP contribution < -0.4 is 0 Å². The molecule has 5 heteroatoms. The third-order valence-electron chi connectivity index (χ3n) is 1.79. The largest absolute Gasteiger partial charge is 0.476 e. The topological polar surface area (TPSA) is 63.1 Å². The number of hydrogen-bond acceptors (Lipinski definition) is 4. The number of hydrogen-bond donors (Lipinski definition) is 1. The van der Waals surface area contributed by atoms with Gasteiger partial charge in [0.05, 0.1) is 4.90 Å². The van der Waals surface area contributed by atoms with E-state index in [-0.39, 0.29) is 11.6 Å². The zero-order chi connectivity index (χ0) is 11.4. The van der Waals surface area contributed by atoms with Gasteiger partial charge in [0.1, 0.15) is 5.82 Å². The Morgan fingerprint density at radius 2 is 2.27 bits per heavy atom. The summed E-state index contributed by atoms with van der Waals surface area (Å²) in [4.78, 5) is 19.8. The minimum atomic E-state index is -0.991. The van der Waals surface area contributed by atoms with Crippen molar-refractivity contribution in [2.24, 2.45) is 0 Å². The summed E-state index contributed by atoms with van der Waals surface area (Å²) in [7, 11) is 0. The fourth-order valence-corrected chi connectivity index (χ4v) is 1.78. The molecule has 0 aliphatic heterocycles. The van der Waals surface area contributed by atoms with Crippen LogP contribution in [0.1, 0.15) is 43.0 Å². The maximum absolute atomic E-state index is 11.0. The van der Waals surface area contributed by atoms with E-state index in [0.717, 1.165) is 5.75 Å². The lowest BCUT2D eigenvalue weighted by molar-refractivity contribution is 0.0685. The summed E-state index contributed by atoms with van der Waals surface area (Å²) in [5.41, 5.74) is 0.112. The van der Waals surface area contributed by atoms with Gasteiger partial charge in [-0.3, -0.25) is 0 Å². The van der Waals surface area contributed by atoms with Gasteiger partial charge in [0, 0.05) is 12.1 Å².